The highest BCUT2D eigenvalue weighted by Crippen LogP contribution is 2.21. The minimum atomic E-state index is -1.27. The van der Waals surface area contributed by atoms with Gasteiger partial charge in [-0.15, -0.1) is 0 Å². The molecule has 2 rings (SSSR count). The van der Waals surface area contributed by atoms with Crippen LogP contribution in [0.25, 0.3) is 0 Å². The zero-order chi connectivity index (χ0) is 51.3. The van der Waals surface area contributed by atoms with Crippen LogP contribution in [0.1, 0.15) is 129 Å². The van der Waals surface area contributed by atoms with E-state index in [2.05, 4.69) is 42.2 Å². The van der Waals surface area contributed by atoms with E-state index in [1.54, 1.807) is 18.7 Å². The number of nitrogens with zero attached hydrogens (tertiary/aromatic N) is 2. The van der Waals surface area contributed by atoms with Crippen molar-refractivity contribution in [1.29, 1.82) is 0 Å². The summed E-state index contributed by atoms with van der Waals surface area (Å²) in [7, 11) is 0. The van der Waals surface area contributed by atoms with E-state index >= 15 is 0 Å². The summed E-state index contributed by atoms with van der Waals surface area (Å²) in [5.74, 6) is -6.04. The fraction of sp³-hybridized carbons (Fsp3) is 0.800. The molecule has 2 heterocycles. The third kappa shape index (κ3) is 22.0. The van der Waals surface area contributed by atoms with Gasteiger partial charge >= 0.3 is 5.97 Å². The highest BCUT2D eigenvalue weighted by Gasteiger charge is 2.40. The van der Waals surface area contributed by atoms with E-state index in [4.69, 9.17) is 34.4 Å². The van der Waals surface area contributed by atoms with Crippen LogP contribution in [0, 0.1) is 5.92 Å². The van der Waals surface area contributed by atoms with Crippen LogP contribution in [0.3, 0.4) is 0 Å². The summed E-state index contributed by atoms with van der Waals surface area (Å²) in [6.07, 6.45) is 7.24. The molecule has 0 aliphatic carbocycles. The van der Waals surface area contributed by atoms with Gasteiger partial charge in [-0.05, 0) is 154 Å². The van der Waals surface area contributed by atoms with E-state index in [1.807, 2.05) is 0 Å². The molecule has 69 heavy (non-hydrogen) atoms. The van der Waals surface area contributed by atoms with E-state index in [0.29, 0.717) is 103 Å². The topological polar surface area (TPSA) is 413 Å². The average molecular weight is 980 g/mol. The Kier molecular flexibility index (Phi) is 29.0. The fourth-order valence-electron chi connectivity index (χ4n) is 8.34. The van der Waals surface area contributed by atoms with Crippen molar-refractivity contribution in [1.82, 2.24) is 42.1 Å². The van der Waals surface area contributed by atoms with Crippen LogP contribution in [0.4, 0.5) is 0 Å². The highest BCUT2D eigenvalue weighted by atomic mass is 16.4. The van der Waals surface area contributed by atoms with Crippen molar-refractivity contribution in [2.75, 3.05) is 45.8 Å². The lowest BCUT2D eigenvalue weighted by Crippen LogP contribution is -2.60. The molecule has 7 amide bonds. The molecule has 24 nitrogen and oxygen atoms in total. The summed E-state index contributed by atoms with van der Waals surface area (Å²) in [4.78, 5) is 115. The summed E-state index contributed by atoms with van der Waals surface area (Å²) in [6.45, 7) is 5.79. The number of carboxylic acid groups (broad SMARTS) is 1. The largest absolute Gasteiger partial charge is 0.480 e. The standard InChI is InChI=1S/C45H85N15O9/c1-28(2)36(44(68)69)59-41(65)32(17-6-10-24-49)56-40(64)33(18-11-26-53-45(50)51)57-38(62)30(15-4-8-22-47)54-37(61)29(14-3-7-21-46)55-39(63)31(16-5-9-23-48)58-42(66)35-20-13-27-60(35)43(67)34-19-12-25-52-34/h28-36,52H,3-27,46-49H2,1-2H3,(H,54,61)(H,55,63)(H,56,64)(H,57,62)(H,58,66)(H,59,65)(H,68,69)(H4,50,51,53). The van der Waals surface area contributed by atoms with Crippen LogP contribution in [0.2, 0.25) is 0 Å². The number of amides is 7. The molecule has 0 radical (unpaired) electrons. The van der Waals surface area contributed by atoms with Crippen LogP contribution < -0.4 is 71.6 Å². The summed E-state index contributed by atoms with van der Waals surface area (Å²) >= 11 is 0. The Morgan fingerprint density at radius 3 is 1.35 bits per heavy atom. The van der Waals surface area contributed by atoms with Crippen molar-refractivity contribution < 1.29 is 43.5 Å². The second kappa shape index (κ2) is 33.4. The fourth-order valence-corrected chi connectivity index (χ4v) is 8.34. The normalized spacial score (nSPS) is 18.2. The molecule has 2 fully saturated rings. The maximum atomic E-state index is 14.3. The lowest BCUT2D eigenvalue weighted by atomic mass is 10.0. The Balaban J connectivity index is 2.40. The van der Waals surface area contributed by atoms with E-state index < -0.39 is 89.6 Å². The minimum Gasteiger partial charge on any atom is -0.480 e. The lowest BCUT2D eigenvalue weighted by molar-refractivity contribution is -0.143. The van der Waals surface area contributed by atoms with Crippen molar-refractivity contribution in [3.05, 3.63) is 0 Å². The molecule has 0 aromatic rings. The lowest BCUT2D eigenvalue weighted by Gasteiger charge is -2.29. The number of rotatable bonds is 35. The Labute approximate surface area is 406 Å². The van der Waals surface area contributed by atoms with E-state index in [0.717, 1.165) is 13.0 Å². The van der Waals surface area contributed by atoms with Gasteiger partial charge in [-0.25, -0.2) is 4.79 Å². The zero-order valence-electron chi connectivity index (χ0n) is 40.9. The second-order valence-corrected chi connectivity index (χ2v) is 18.3. The van der Waals surface area contributed by atoms with Crippen molar-refractivity contribution in [2.45, 2.75) is 178 Å². The van der Waals surface area contributed by atoms with Crippen molar-refractivity contribution in [3.63, 3.8) is 0 Å². The highest BCUT2D eigenvalue weighted by molar-refractivity contribution is 5.97. The molecule has 394 valence electrons. The average Bonchev–Trinajstić information content (AvgIpc) is 4.04. The van der Waals surface area contributed by atoms with Gasteiger partial charge in [0.2, 0.25) is 41.4 Å². The van der Waals surface area contributed by atoms with E-state index in [1.165, 1.54) is 0 Å². The number of aliphatic imine (C=N–C) groups is 1. The number of carboxylic acids is 1. The number of aliphatic carboxylic acids is 1. The number of likely N-dealkylation sites (tertiary alicyclic amines) is 1. The first-order valence-corrected chi connectivity index (χ1v) is 24.9. The molecule has 0 aromatic carbocycles. The molecule has 2 aliphatic rings. The van der Waals surface area contributed by atoms with Gasteiger partial charge in [0.15, 0.2) is 5.96 Å². The van der Waals surface area contributed by atoms with Gasteiger partial charge in [-0.1, -0.05) is 13.8 Å². The monoisotopic (exact) mass is 980 g/mol. The van der Waals surface area contributed by atoms with Crippen LogP contribution in [0.5, 0.6) is 0 Å². The first-order chi connectivity index (χ1) is 33.0. The van der Waals surface area contributed by atoms with Gasteiger partial charge in [0, 0.05) is 13.1 Å². The van der Waals surface area contributed by atoms with Gasteiger partial charge in [0.1, 0.15) is 42.3 Å². The number of guanidine groups is 1. The van der Waals surface area contributed by atoms with Crippen molar-refractivity contribution >= 4 is 53.3 Å². The van der Waals surface area contributed by atoms with Crippen LogP contribution in [-0.2, 0) is 38.4 Å². The van der Waals surface area contributed by atoms with Gasteiger partial charge in [0.25, 0.3) is 0 Å². The number of unbranched alkanes of at least 4 members (excludes halogenated alkanes) is 4. The van der Waals surface area contributed by atoms with Crippen molar-refractivity contribution in [3.8, 4) is 0 Å². The van der Waals surface area contributed by atoms with Gasteiger partial charge in [0.05, 0.1) is 6.04 Å². The number of nitrogens with one attached hydrogen (secondary N) is 7. The predicted molar refractivity (Wildman–Crippen MR) is 261 cm³/mol. The summed E-state index contributed by atoms with van der Waals surface area (Å²) in [6, 6.07) is -8.28. The summed E-state index contributed by atoms with van der Waals surface area (Å²) in [5.41, 5.74) is 34.1. The third-order valence-corrected chi connectivity index (χ3v) is 12.3. The molecular weight excluding hydrogens is 895 g/mol. The minimum absolute atomic E-state index is 0.00200. The molecule has 2 aliphatic heterocycles. The van der Waals surface area contributed by atoms with Gasteiger partial charge in [-0.2, -0.15) is 0 Å². The maximum absolute atomic E-state index is 14.3. The Morgan fingerprint density at radius 1 is 0.580 bits per heavy atom. The van der Waals surface area contributed by atoms with Crippen molar-refractivity contribution in [2.24, 2.45) is 45.3 Å². The first kappa shape index (κ1) is 60.0. The summed E-state index contributed by atoms with van der Waals surface area (Å²) in [5, 5.41) is 29.3. The molecule has 0 spiro atoms. The van der Waals surface area contributed by atoms with Crippen LogP contribution >= 0.6 is 0 Å². The molecule has 24 heteroatoms. The Morgan fingerprint density at radius 2 is 0.986 bits per heavy atom. The van der Waals surface area contributed by atoms with Gasteiger partial charge < -0.3 is 81.6 Å². The number of carbonyl (C=O) groups excluding carboxylic acids is 7. The van der Waals surface area contributed by atoms with E-state index in [9.17, 15) is 43.5 Å². The second-order valence-electron chi connectivity index (χ2n) is 18.3. The van der Waals surface area contributed by atoms with Crippen LogP contribution in [0.15, 0.2) is 4.99 Å². The first-order valence-electron chi connectivity index (χ1n) is 24.9. The molecule has 8 atom stereocenters. The number of hydrogen-bond donors (Lipinski definition) is 14. The quantitative estimate of drug-likeness (QED) is 0.0170. The predicted octanol–water partition coefficient (Wildman–Crippen LogP) is -3.05. The SMILES string of the molecule is CC(C)C(NC(=O)C(CCCCN)NC(=O)C(CCCN=C(N)N)NC(=O)C(CCCCN)NC(=O)C(CCCCN)NC(=O)C(CCCCN)NC(=O)C1CCCN1C(=O)C1CCCN1)C(=O)O. The van der Waals surface area contributed by atoms with Crippen LogP contribution in [-0.4, -0.2) is 157 Å². The van der Waals surface area contributed by atoms with E-state index in [-0.39, 0.29) is 63.0 Å². The zero-order valence-corrected chi connectivity index (χ0v) is 40.9. The number of hydrogen-bond acceptors (Lipinski definition) is 14. The smallest absolute Gasteiger partial charge is 0.326 e. The number of nitrogens with two attached hydrogens (primary N) is 6. The third-order valence-electron chi connectivity index (χ3n) is 12.3. The Bertz CT molecular complexity index is 1660. The molecule has 0 saturated carbocycles. The molecule has 20 N–H and O–H groups in total. The van der Waals surface area contributed by atoms with Gasteiger partial charge in [-0.3, -0.25) is 38.6 Å². The molecule has 8 unspecified atom stereocenters. The molecule has 0 aromatic heterocycles. The Hall–Kier alpha value is -5.17. The molecular formula is C45H85N15O9. The molecule has 0 bridgehead atoms. The maximum Gasteiger partial charge on any atom is 0.326 e. The number of carbonyl (C=O) groups is 8. The summed E-state index contributed by atoms with van der Waals surface area (Å²) < 4.78 is 0. The molecule has 2 saturated heterocycles.